The first kappa shape index (κ1) is 17.8. The lowest BCUT2D eigenvalue weighted by Crippen LogP contribution is -2.17. The van der Waals surface area contributed by atoms with E-state index >= 15 is 0 Å². The predicted octanol–water partition coefficient (Wildman–Crippen LogP) is 4.58. The second-order valence-corrected chi connectivity index (χ2v) is 6.25. The molecule has 0 aromatic heterocycles. The minimum Gasteiger partial charge on any atom is -0.496 e. The molecule has 0 unspecified atom stereocenters. The summed E-state index contributed by atoms with van der Waals surface area (Å²) < 4.78 is 12.3. The van der Waals surface area contributed by atoms with Gasteiger partial charge in [0.2, 0.25) is 0 Å². The fourth-order valence-electron chi connectivity index (χ4n) is 2.39. The Kier molecular flexibility index (Phi) is 7.43. The summed E-state index contributed by atoms with van der Waals surface area (Å²) in [6, 6.07) is 14.3. The van der Waals surface area contributed by atoms with Crippen molar-refractivity contribution in [2.45, 2.75) is 26.3 Å². The minimum absolute atomic E-state index is 0.746. The van der Waals surface area contributed by atoms with Gasteiger partial charge in [-0.15, -0.1) is 0 Å². The van der Waals surface area contributed by atoms with Gasteiger partial charge in [-0.3, -0.25) is 0 Å². The topological polar surface area (TPSA) is 30.5 Å². The zero-order chi connectivity index (χ0) is 16.5. The lowest BCUT2D eigenvalue weighted by molar-refractivity contribution is 0.313. The number of nitrogens with one attached hydrogen (secondary N) is 1. The van der Waals surface area contributed by atoms with E-state index in [4.69, 9.17) is 9.47 Å². The van der Waals surface area contributed by atoms with Gasteiger partial charge in [0.25, 0.3) is 0 Å². The van der Waals surface area contributed by atoms with Crippen molar-refractivity contribution >= 4 is 15.9 Å². The molecule has 23 heavy (non-hydrogen) atoms. The van der Waals surface area contributed by atoms with E-state index in [2.05, 4.69) is 40.3 Å². The number of rotatable bonds is 9. The molecule has 0 spiro atoms. The van der Waals surface area contributed by atoms with Crippen LogP contribution in [0.3, 0.4) is 0 Å². The molecule has 0 bridgehead atoms. The van der Waals surface area contributed by atoms with Crippen LogP contribution in [-0.4, -0.2) is 20.3 Å². The summed E-state index contributed by atoms with van der Waals surface area (Å²) in [5.74, 6) is 1.91. The van der Waals surface area contributed by atoms with Gasteiger partial charge in [-0.1, -0.05) is 41.1 Å². The third kappa shape index (κ3) is 5.56. The molecule has 4 heteroatoms. The molecule has 0 atom stereocenters. The zero-order valence-corrected chi connectivity index (χ0v) is 15.4. The maximum atomic E-state index is 5.81. The molecule has 0 aliphatic heterocycles. The Bertz CT molecular complexity index is 616. The standard InChI is InChI=1S/C19H24BrNO2/c1-3-12-23-19-9-8-17(20)13-16(19)14-21-11-10-15-6-4-5-7-18(15)22-2/h4-9,13,21H,3,10-12,14H2,1-2H3. The van der Waals surface area contributed by atoms with E-state index in [9.17, 15) is 0 Å². The molecule has 2 rings (SSSR count). The smallest absolute Gasteiger partial charge is 0.123 e. The maximum Gasteiger partial charge on any atom is 0.123 e. The maximum absolute atomic E-state index is 5.81. The zero-order valence-electron chi connectivity index (χ0n) is 13.8. The molecule has 0 heterocycles. The summed E-state index contributed by atoms with van der Waals surface area (Å²) in [4.78, 5) is 0. The largest absolute Gasteiger partial charge is 0.496 e. The Morgan fingerprint density at radius 1 is 1.04 bits per heavy atom. The van der Waals surface area contributed by atoms with E-state index in [0.29, 0.717) is 0 Å². The molecule has 0 aliphatic carbocycles. The highest BCUT2D eigenvalue weighted by molar-refractivity contribution is 9.10. The average molecular weight is 378 g/mol. The van der Waals surface area contributed by atoms with Crippen LogP contribution in [0.2, 0.25) is 0 Å². The van der Waals surface area contributed by atoms with Crippen molar-refractivity contribution in [2.75, 3.05) is 20.3 Å². The normalized spacial score (nSPS) is 10.6. The summed E-state index contributed by atoms with van der Waals surface area (Å²) in [5.41, 5.74) is 2.40. The summed E-state index contributed by atoms with van der Waals surface area (Å²) >= 11 is 3.53. The van der Waals surface area contributed by atoms with Crippen molar-refractivity contribution in [1.29, 1.82) is 0 Å². The van der Waals surface area contributed by atoms with Crippen LogP contribution in [0, 0.1) is 0 Å². The van der Waals surface area contributed by atoms with Crippen LogP contribution in [0.15, 0.2) is 46.9 Å². The van der Waals surface area contributed by atoms with E-state index in [-0.39, 0.29) is 0 Å². The van der Waals surface area contributed by atoms with Crippen molar-refractivity contribution in [3.05, 3.63) is 58.1 Å². The quantitative estimate of drug-likeness (QED) is 0.648. The highest BCUT2D eigenvalue weighted by Crippen LogP contribution is 2.23. The molecule has 3 nitrogen and oxygen atoms in total. The number of benzene rings is 2. The molecule has 0 saturated carbocycles. The first-order valence-corrected chi connectivity index (χ1v) is 8.77. The monoisotopic (exact) mass is 377 g/mol. The van der Waals surface area contributed by atoms with Gasteiger partial charge >= 0.3 is 0 Å². The lowest BCUT2D eigenvalue weighted by atomic mass is 10.1. The molecule has 0 radical (unpaired) electrons. The first-order chi connectivity index (χ1) is 11.2. The molecule has 2 aromatic rings. The Morgan fingerprint density at radius 2 is 1.87 bits per heavy atom. The van der Waals surface area contributed by atoms with Crippen molar-refractivity contribution in [2.24, 2.45) is 0 Å². The van der Waals surface area contributed by atoms with Crippen LogP contribution in [0.25, 0.3) is 0 Å². The fraction of sp³-hybridized carbons (Fsp3) is 0.368. The number of halogens is 1. The number of hydrogen-bond acceptors (Lipinski definition) is 3. The van der Waals surface area contributed by atoms with Crippen LogP contribution in [0.1, 0.15) is 24.5 Å². The van der Waals surface area contributed by atoms with Gasteiger partial charge in [-0.2, -0.15) is 0 Å². The van der Waals surface area contributed by atoms with Crippen molar-refractivity contribution < 1.29 is 9.47 Å². The van der Waals surface area contributed by atoms with E-state index in [1.165, 1.54) is 11.1 Å². The molecular weight excluding hydrogens is 354 g/mol. The van der Waals surface area contributed by atoms with Crippen LogP contribution >= 0.6 is 15.9 Å². The van der Waals surface area contributed by atoms with E-state index in [1.54, 1.807) is 7.11 Å². The minimum atomic E-state index is 0.746. The molecule has 0 amide bonds. The molecule has 0 aliphatic rings. The number of para-hydroxylation sites is 1. The second kappa shape index (κ2) is 9.58. The predicted molar refractivity (Wildman–Crippen MR) is 98.3 cm³/mol. The van der Waals surface area contributed by atoms with Crippen molar-refractivity contribution in [1.82, 2.24) is 5.32 Å². The summed E-state index contributed by atoms with van der Waals surface area (Å²) in [7, 11) is 1.71. The lowest BCUT2D eigenvalue weighted by Gasteiger charge is -2.13. The Hall–Kier alpha value is -1.52. The molecule has 1 N–H and O–H groups in total. The highest BCUT2D eigenvalue weighted by Gasteiger charge is 2.05. The van der Waals surface area contributed by atoms with E-state index in [1.807, 2.05) is 30.3 Å². The molecule has 124 valence electrons. The summed E-state index contributed by atoms with van der Waals surface area (Å²) in [6.07, 6.45) is 1.94. The third-order valence-corrected chi connectivity index (χ3v) is 4.06. The van der Waals surface area contributed by atoms with Crippen LogP contribution in [0.4, 0.5) is 0 Å². The van der Waals surface area contributed by atoms with Gasteiger partial charge in [0.05, 0.1) is 13.7 Å². The fourth-order valence-corrected chi connectivity index (χ4v) is 2.80. The third-order valence-electron chi connectivity index (χ3n) is 3.56. The SMILES string of the molecule is CCCOc1ccc(Br)cc1CNCCc1ccccc1OC. The van der Waals surface area contributed by atoms with Gasteiger partial charge in [0.15, 0.2) is 0 Å². The van der Waals surface area contributed by atoms with Crippen LogP contribution in [-0.2, 0) is 13.0 Å². The Morgan fingerprint density at radius 3 is 2.65 bits per heavy atom. The van der Waals surface area contributed by atoms with Gasteiger partial charge in [0, 0.05) is 16.6 Å². The highest BCUT2D eigenvalue weighted by atomic mass is 79.9. The van der Waals surface area contributed by atoms with Gasteiger partial charge in [-0.25, -0.2) is 0 Å². The van der Waals surface area contributed by atoms with E-state index < -0.39 is 0 Å². The first-order valence-electron chi connectivity index (χ1n) is 7.98. The van der Waals surface area contributed by atoms with Gasteiger partial charge in [-0.05, 0) is 49.2 Å². The van der Waals surface area contributed by atoms with Crippen molar-refractivity contribution in [3.63, 3.8) is 0 Å². The number of methoxy groups -OCH3 is 1. The van der Waals surface area contributed by atoms with E-state index in [0.717, 1.165) is 48.5 Å². The number of hydrogen-bond donors (Lipinski definition) is 1. The average Bonchev–Trinajstić information content (AvgIpc) is 2.58. The van der Waals surface area contributed by atoms with Crippen molar-refractivity contribution in [3.8, 4) is 11.5 Å². The summed E-state index contributed by atoms with van der Waals surface area (Å²) in [6.45, 7) is 4.54. The van der Waals surface area contributed by atoms with Gasteiger partial charge < -0.3 is 14.8 Å². The summed E-state index contributed by atoms with van der Waals surface area (Å²) in [5, 5.41) is 3.49. The molecule has 0 saturated heterocycles. The van der Waals surface area contributed by atoms with Gasteiger partial charge in [0.1, 0.15) is 11.5 Å². The molecule has 0 fully saturated rings. The number of ether oxygens (including phenoxy) is 2. The molecular formula is C19H24BrNO2. The van der Waals surface area contributed by atoms with Crippen LogP contribution in [0.5, 0.6) is 11.5 Å². The second-order valence-electron chi connectivity index (χ2n) is 5.34. The Balaban J connectivity index is 1.89. The Labute approximate surface area is 147 Å². The molecule has 2 aromatic carbocycles. The van der Waals surface area contributed by atoms with Crippen LogP contribution < -0.4 is 14.8 Å².